The van der Waals surface area contributed by atoms with E-state index < -0.39 is 0 Å². The van der Waals surface area contributed by atoms with Gasteiger partial charge in [0.05, 0.1) is 11.4 Å². The lowest BCUT2D eigenvalue weighted by atomic mass is 10.2. The molecule has 22 heavy (non-hydrogen) atoms. The molecule has 2 N–H and O–H groups in total. The largest absolute Gasteiger partial charge is 0.399 e. The molecule has 0 aliphatic rings. The monoisotopic (exact) mass is 311 g/mol. The average molecular weight is 311 g/mol. The molecule has 0 bridgehead atoms. The topological polar surface area (TPSA) is 86.7 Å². The Morgan fingerprint density at radius 3 is 2.73 bits per heavy atom. The molecular weight excluding hydrogens is 298 g/mol. The van der Waals surface area contributed by atoms with E-state index in [-0.39, 0.29) is 11.5 Å². The number of nitrogens with zero attached hydrogens (tertiary/aromatic N) is 4. The molecule has 3 aromatic rings. The standard InChI is InChI=1S/C15H13N5OS/c16-12-7-4-8-13(9-12)20-18-15(17-19-20)22-10-14(21)11-5-2-1-3-6-11/h1-9H,10,16H2. The Balaban J connectivity index is 1.66. The SMILES string of the molecule is Nc1cccc(-n2nnc(SCC(=O)c3ccccc3)n2)c1. The summed E-state index contributed by atoms with van der Waals surface area (Å²) in [6.07, 6.45) is 0. The zero-order chi connectivity index (χ0) is 15.4. The maximum absolute atomic E-state index is 12.0. The summed E-state index contributed by atoms with van der Waals surface area (Å²) in [6, 6.07) is 16.3. The van der Waals surface area contributed by atoms with E-state index in [2.05, 4.69) is 15.4 Å². The van der Waals surface area contributed by atoms with Gasteiger partial charge in [0.1, 0.15) is 0 Å². The molecule has 0 radical (unpaired) electrons. The number of benzene rings is 2. The molecule has 7 heteroatoms. The van der Waals surface area contributed by atoms with E-state index in [1.165, 1.54) is 16.6 Å². The lowest BCUT2D eigenvalue weighted by molar-refractivity contribution is 0.102. The number of thioether (sulfide) groups is 1. The number of carbonyl (C=O) groups excluding carboxylic acids is 1. The van der Waals surface area contributed by atoms with Crippen molar-refractivity contribution < 1.29 is 4.79 Å². The van der Waals surface area contributed by atoms with Crippen molar-refractivity contribution in [1.82, 2.24) is 20.2 Å². The van der Waals surface area contributed by atoms with E-state index in [9.17, 15) is 4.79 Å². The highest BCUT2D eigenvalue weighted by Crippen LogP contribution is 2.16. The first kappa shape index (κ1) is 14.3. The Morgan fingerprint density at radius 1 is 1.14 bits per heavy atom. The smallest absolute Gasteiger partial charge is 0.232 e. The zero-order valence-electron chi connectivity index (χ0n) is 11.6. The van der Waals surface area contributed by atoms with Crippen LogP contribution in [0.1, 0.15) is 10.4 Å². The third-order valence-electron chi connectivity index (χ3n) is 2.92. The molecule has 0 amide bonds. The number of aromatic nitrogens is 4. The quantitative estimate of drug-likeness (QED) is 0.442. The van der Waals surface area contributed by atoms with E-state index in [0.29, 0.717) is 16.4 Å². The summed E-state index contributed by atoms with van der Waals surface area (Å²) in [4.78, 5) is 13.4. The van der Waals surface area contributed by atoms with Crippen molar-refractivity contribution in [3.05, 3.63) is 60.2 Å². The van der Waals surface area contributed by atoms with Crippen LogP contribution in [0, 0.1) is 0 Å². The summed E-state index contributed by atoms with van der Waals surface area (Å²) in [7, 11) is 0. The number of ketones is 1. The highest BCUT2D eigenvalue weighted by Gasteiger charge is 2.10. The lowest BCUT2D eigenvalue weighted by Crippen LogP contribution is -2.02. The molecule has 6 nitrogen and oxygen atoms in total. The molecule has 1 aromatic heterocycles. The predicted molar refractivity (Wildman–Crippen MR) is 85.1 cm³/mol. The Hall–Kier alpha value is -2.67. The Labute approximate surface area is 131 Å². The molecule has 1 heterocycles. The molecule has 0 aliphatic carbocycles. The first-order chi connectivity index (χ1) is 10.7. The van der Waals surface area contributed by atoms with E-state index in [1.807, 2.05) is 30.3 Å². The minimum atomic E-state index is 0.0332. The average Bonchev–Trinajstić information content (AvgIpc) is 3.02. The lowest BCUT2D eigenvalue weighted by Gasteiger charge is -1.99. The van der Waals surface area contributed by atoms with Gasteiger partial charge in [0.15, 0.2) is 5.78 Å². The normalized spacial score (nSPS) is 10.5. The van der Waals surface area contributed by atoms with Gasteiger partial charge in [0, 0.05) is 11.3 Å². The van der Waals surface area contributed by atoms with Crippen molar-refractivity contribution in [2.45, 2.75) is 5.16 Å². The minimum Gasteiger partial charge on any atom is -0.399 e. The molecular formula is C15H13N5OS. The number of anilines is 1. The van der Waals surface area contributed by atoms with Crippen LogP contribution >= 0.6 is 11.8 Å². The van der Waals surface area contributed by atoms with Gasteiger partial charge in [0.25, 0.3) is 0 Å². The van der Waals surface area contributed by atoms with E-state index in [1.54, 1.807) is 24.3 Å². The van der Waals surface area contributed by atoms with Crippen molar-refractivity contribution in [2.75, 3.05) is 11.5 Å². The highest BCUT2D eigenvalue weighted by atomic mass is 32.2. The summed E-state index contributed by atoms with van der Waals surface area (Å²) < 4.78 is 0. The van der Waals surface area contributed by atoms with Crippen molar-refractivity contribution in [3.63, 3.8) is 0 Å². The zero-order valence-corrected chi connectivity index (χ0v) is 12.4. The fourth-order valence-electron chi connectivity index (χ4n) is 1.86. The second-order valence-electron chi connectivity index (χ2n) is 4.53. The summed E-state index contributed by atoms with van der Waals surface area (Å²) in [5.74, 6) is 0.304. The van der Waals surface area contributed by atoms with Crippen LogP contribution in [0.4, 0.5) is 5.69 Å². The molecule has 0 saturated carbocycles. The van der Waals surface area contributed by atoms with E-state index in [0.717, 1.165) is 5.69 Å². The van der Waals surface area contributed by atoms with Crippen LogP contribution in [0.3, 0.4) is 0 Å². The van der Waals surface area contributed by atoms with Crippen LogP contribution in [0.5, 0.6) is 0 Å². The fraction of sp³-hybridized carbons (Fsp3) is 0.0667. The van der Waals surface area contributed by atoms with Gasteiger partial charge in [-0.2, -0.15) is 0 Å². The van der Waals surface area contributed by atoms with E-state index in [4.69, 9.17) is 5.73 Å². The maximum Gasteiger partial charge on any atom is 0.232 e. The number of Topliss-reactive ketones (excluding diaryl/α,β-unsaturated/α-hetero) is 1. The van der Waals surface area contributed by atoms with Crippen LogP contribution in [0.25, 0.3) is 5.69 Å². The number of nitrogens with two attached hydrogens (primary N) is 1. The molecule has 0 unspecified atom stereocenters. The van der Waals surface area contributed by atoms with Gasteiger partial charge in [-0.05, 0) is 23.4 Å². The fourth-order valence-corrected chi connectivity index (χ4v) is 2.51. The van der Waals surface area contributed by atoms with Crippen LogP contribution in [0.2, 0.25) is 0 Å². The minimum absolute atomic E-state index is 0.0332. The summed E-state index contributed by atoms with van der Waals surface area (Å²) >= 11 is 1.26. The van der Waals surface area contributed by atoms with Crippen LogP contribution in [-0.2, 0) is 0 Å². The van der Waals surface area contributed by atoms with Gasteiger partial charge in [0.2, 0.25) is 5.16 Å². The maximum atomic E-state index is 12.0. The second kappa shape index (κ2) is 6.40. The van der Waals surface area contributed by atoms with Gasteiger partial charge in [-0.3, -0.25) is 4.79 Å². The Kier molecular flexibility index (Phi) is 4.15. The van der Waals surface area contributed by atoms with Crippen molar-refractivity contribution in [1.29, 1.82) is 0 Å². The summed E-state index contributed by atoms with van der Waals surface area (Å²) in [6.45, 7) is 0. The summed E-state index contributed by atoms with van der Waals surface area (Å²) in [5.41, 5.74) is 7.76. The van der Waals surface area contributed by atoms with Crippen molar-refractivity contribution >= 4 is 23.2 Å². The molecule has 0 aliphatic heterocycles. The van der Waals surface area contributed by atoms with Crippen molar-refractivity contribution in [2.24, 2.45) is 0 Å². The Morgan fingerprint density at radius 2 is 1.95 bits per heavy atom. The number of rotatable bonds is 5. The molecule has 110 valence electrons. The third kappa shape index (κ3) is 3.32. The van der Waals surface area contributed by atoms with Gasteiger partial charge >= 0.3 is 0 Å². The molecule has 2 aromatic carbocycles. The molecule has 3 rings (SSSR count). The van der Waals surface area contributed by atoms with E-state index >= 15 is 0 Å². The van der Waals surface area contributed by atoms with Gasteiger partial charge < -0.3 is 5.73 Å². The highest BCUT2D eigenvalue weighted by molar-refractivity contribution is 7.99. The number of hydrogen-bond donors (Lipinski definition) is 1. The summed E-state index contributed by atoms with van der Waals surface area (Å²) in [5, 5.41) is 12.6. The predicted octanol–water partition coefficient (Wildman–Crippen LogP) is 2.22. The van der Waals surface area contributed by atoms with Crippen LogP contribution in [-0.4, -0.2) is 31.7 Å². The molecule has 0 fully saturated rings. The molecule has 0 atom stereocenters. The number of tetrazole rings is 1. The van der Waals surface area contributed by atoms with Gasteiger partial charge in [-0.25, -0.2) is 0 Å². The third-order valence-corrected chi connectivity index (χ3v) is 3.75. The number of carbonyl (C=O) groups is 1. The van der Waals surface area contributed by atoms with Crippen LogP contribution in [0.15, 0.2) is 59.8 Å². The van der Waals surface area contributed by atoms with Gasteiger partial charge in [-0.1, -0.05) is 48.2 Å². The van der Waals surface area contributed by atoms with Crippen molar-refractivity contribution in [3.8, 4) is 5.69 Å². The molecule has 0 spiro atoms. The number of hydrogen-bond acceptors (Lipinski definition) is 6. The van der Waals surface area contributed by atoms with Gasteiger partial charge in [-0.15, -0.1) is 15.0 Å². The first-order valence-corrected chi connectivity index (χ1v) is 7.58. The second-order valence-corrected chi connectivity index (χ2v) is 5.48. The number of nitrogen functional groups attached to an aromatic ring is 1. The van der Waals surface area contributed by atoms with Crippen LogP contribution < -0.4 is 5.73 Å². The Bertz CT molecular complexity index is 787. The molecule has 0 saturated heterocycles. The first-order valence-electron chi connectivity index (χ1n) is 6.59.